The summed E-state index contributed by atoms with van der Waals surface area (Å²) < 4.78 is 6.39. The van der Waals surface area contributed by atoms with E-state index in [9.17, 15) is 5.11 Å². The van der Waals surface area contributed by atoms with Crippen LogP contribution in [0.2, 0.25) is 0 Å². The number of hydrogen-bond donors (Lipinski definition) is 1. The van der Waals surface area contributed by atoms with Crippen LogP contribution in [0.4, 0.5) is 0 Å². The lowest BCUT2D eigenvalue weighted by molar-refractivity contribution is 0.0331. The molecule has 1 unspecified atom stereocenters. The molecule has 0 saturated carbocycles. The van der Waals surface area contributed by atoms with Crippen molar-refractivity contribution in [2.75, 3.05) is 26.0 Å². The van der Waals surface area contributed by atoms with Crippen molar-refractivity contribution in [3.63, 3.8) is 0 Å². The Hall–Kier alpha value is -0.930. The summed E-state index contributed by atoms with van der Waals surface area (Å²) in [5, 5.41) is 10.2. The molecule has 3 nitrogen and oxygen atoms in total. The molecule has 0 aromatic heterocycles. The van der Waals surface area contributed by atoms with Crippen molar-refractivity contribution < 1.29 is 9.84 Å². The monoisotopic (exact) mass is 311 g/mol. The standard InChI is InChI=1S/C17H26ClNO2/c1-11-12(2)16-14(13(3)15(11)20)6-7-17(4,21-16)10-19(5)9-8-18/h20H,6-10H2,1-5H3. The molecule has 118 valence electrons. The number of ether oxygens (including phenoxy) is 1. The maximum atomic E-state index is 10.2. The van der Waals surface area contributed by atoms with Crippen molar-refractivity contribution in [1.29, 1.82) is 0 Å². The summed E-state index contributed by atoms with van der Waals surface area (Å²) in [7, 11) is 2.08. The molecule has 1 N–H and O–H groups in total. The van der Waals surface area contributed by atoms with Gasteiger partial charge in [0.2, 0.25) is 0 Å². The Labute approximate surface area is 132 Å². The first kappa shape index (κ1) is 16.4. The van der Waals surface area contributed by atoms with Gasteiger partial charge in [0.1, 0.15) is 17.1 Å². The average molecular weight is 312 g/mol. The second kappa shape index (κ2) is 6.05. The second-order valence-electron chi connectivity index (χ2n) is 6.51. The van der Waals surface area contributed by atoms with E-state index in [4.69, 9.17) is 16.3 Å². The molecular formula is C17H26ClNO2. The number of aromatic hydroxyl groups is 1. The predicted octanol–water partition coefficient (Wildman–Crippen LogP) is 3.57. The molecule has 1 aliphatic heterocycles. The van der Waals surface area contributed by atoms with E-state index in [0.717, 1.165) is 53.9 Å². The zero-order valence-electron chi connectivity index (χ0n) is 13.7. The number of benzene rings is 1. The highest BCUT2D eigenvalue weighted by Crippen LogP contribution is 2.43. The molecular weight excluding hydrogens is 286 g/mol. The highest BCUT2D eigenvalue weighted by atomic mass is 35.5. The molecule has 1 aromatic rings. The number of alkyl halides is 1. The summed E-state index contributed by atoms with van der Waals surface area (Å²) in [6, 6.07) is 0. The van der Waals surface area contributed by atoms with E-state index in [1.54, 1.807) is 0 Å². The van der Waals surface area contributed by atoms with Crippen molar-refractivity contribution >= 4 is 11.6 Å². The Bertz CT molecular complexity index is 544. The number of phenols is 1. The maximum Gasteiger partial charge on any atom is 0.127 e. The minimum atomic E-state index is -0.200. The molecule has 0 spiro atoms. The fourth-order valence-electron chi connectivity index (χ4n) is 3.20. The van der Waals surface area contributed by atoms with E-state index in [-0.39, 0.29) is 5.60 Å². The third-order valence-electron chi connectivity index (χ3n) is 4.66. The van der Waals surface area contributed by atoms with Gasteiger partial charge in [0.15, 0.2) is 0 Å². The molecule has 21 heavy (non-hydrogen) atoms. The van der Waals surface area contributed by atoms with E-state index < -0.39 is 0 Å². The minimum absolute atomic E-state index is 0.200. The Kier molecular flexibility index (Phi) is 4.74. The van der Waals surface area contributed by atoms with Crippen LogP contribution in [0.25, 0.3) is 0 Å². The van der Waals surface area contributed by atoms with Crippen molar-refractivity contribution in [3.8, 4) is 11.5 Å². The van der Waals surface area contributed by atoms with Gasteiger partial charge in [-0.15, -0.1) is 11.6 Å². The van der Waals surface area contributed by atoms with Gasteiger partial charge < -0.3 is 14.7 Å². The molecule has 1 atom stereocenters. The van der Waals surface area contributed by atoms with Gasteiger partial charge in [-0.1, -0.05) is 0 Å². The zero-order valence-corrected chi connectivity index (χ0v) is 14.5. The molecule has 0 fully saturated rings. The van der Waals surface area contributed by atoms with Crippen molar-refractivity contribution in [2.24, 2.45) is 0 Å². The van der Waals surface area contributed by atoms with Gasteiger partial charge in [-0.05, 0) is 64.3 Å². The third kappa shape index (κ3) is 3.14. The summed E-state index contributed by atoms with van der Waals surface area (Å²) in [5.74, 6) is 2.02. The second-order valence-corrected chi connectivity index (χ2v) is 6.89. The van der Waals surface area contributed by atoms with Gasteiger partial charge >= 0.3 is 0 Å². The predicted molar refractivity (Wildman–Crippen MR) is 87.9 cm³/mol. The number of hydrogen-bond acceptors (Lipinski definition) is 3. The van der Waals surface area contributed by atoms with Crippen LogP contribution in [0.3, 0.4) is 0 Å². The molecule has 2 rings (SSSR count). The minimum Gasteiger partial charge on any atom is -0.507 e. The molecule has 1 aliphatic rings. The quantitative estimate of drug-likeness (QED) is 0.863. The van der Waals surface area contributed by atoms with Crippen LogP contribution in [0.15, 0.2) is 0 Å². The van der Waals surface area contributed by atoms with Crippen LogP contribution in [-0.4, -0.2) is 41.6 Å². The number of nitrogens with zero attached hydrogens (tertiary/aromatic N) is 1. The Morgan fingerprint density at radius 2 is 1.90 bits per heavy atom. The van der Waals surface area contributed by atoms with Crippen molar-refractivity contribution in [3.05, 3.63) is 22.3 Å². The highest BCUT2D eigenvalue weighted by molar-refractivity contribution is 6.18. The van der Waals surface area contributed by atoms with Gasteiger partial charge in [-0.25, -0.2) is 0 Å². The van der Waals surface area contributed by atoms with E-state index in [1.807, 2.05) is 20.8 Å². The summed E-state index contributed by atoms with van der Waals surface area (Å²) in [6.45, 7) is 9.84. The van der Waals surface area contributed by atoms with E-state index in [0.29, 0.717) is 11.6 Å². The fourth-order valence-corrected chi connectivity index (χ4v) is 3.49. The molecule has 1 aromatic carbocycles. The molecule has 0 saturated heterocycles. The number of fused-ring (bicyclic) bond motifs is 1. The van der Waals surface area contributed by atoms with Crippen LogP contribution >= 0.6 is 11.6 Å². The lowest BCUT2D eigenvalue weighted by atomic mass is 9.87. The van der Waals surface area contributed by atoms with Gasteiger partial charge in [0, 0.05) is 24.5 Å². The van der Waals surface area contributed by atoms with Crippen LogP contribution in [0.5, 0.6) is 11.5 Å². The fraction of sp³-hybridized carbons (Fsp3) is 0.647. The SMILES string of the molecule is Cc1c(C)c2c(c(C)c1O)CCC(C)(CN(C)CCCl)O2. The summed E-state index contributed by atoms with van der Waals surface area (Å²) in [5.41, 5.74) is 3.90. The van der Waals surface area contributed by atoms with Gasteiger partial charge in [0.25, 0.3) is 0 Å². The van der Waals surface area contributed by atoms with Crippen LogP contribution in [-0.2, 0) is 6.42 Å². The number of likely N-dealkylation sites (N-methyl/N-ethyl adjacent to an activating group) is 1. The maximum absolute atomic E-state index is 10.2. The van der Waals surface area contributed by atoms with Crippen LogP contribution in [0.1, 0.15) is 35.6 Å². The number of rotatable bonds is 4. The van der Waals surface area contributed by atoms with Crippen molar-refractivity contribution in [2.45, 2.75) is 46.1 Å². The number of halogens is 1. The topological polar surface area (TPSA) is 32.7 Å². The smallest absolute Gasteiger partial charge is 0.127 e. The van der Waals surface area contributed by atoms with Crippen LogP contribution in [0, 0.1) is 20.8 Å². The first-order chi connectivity index (χ1) is 9.79. The van der Waals surface area contributed by atoms with E-state index in [1.165, 1.54) is 0 Å². The lowest BCUT2D eigenvalue weighted by Gasteiger charge is -2.40. The average Bonchev–Trinajstić information content (AvgIpc) is 2.42. The highest BCUT2D eigenvalue weighted by Gasteiger charge is 2.35. The lowest BCUT2D eigenvalue weighted by Crippen LogP contribution is -2.46. The molecule has 1 heterocycles. The van der Waals surface area contributed by atoms with Gasteiger partial charge in [0.05, 0.1) is 0 Å². The summed E-state index contributed by atoms with van der Waals surface area (Å²) in [6.07, 6.45) is 1.90. The van der Waals surface area contributed by atoms with E-state index >= 15 is 0 Å². The van der Waals surface area contributed by atoms with Crippen molar-refractivity contribution in [1.82, 2.24) is 4.90 Å². The molecule has 0 bridgehead atoms. The van der Waals surface area contributed by atoms with E-state index in [2.05, 4.69) is 18.9 Å². The molecule has 4 heteroatoms. The Morgan fingerprint density at radius 1 is 1.24 bits per heavy atom. The first-order valence-electron chi connectivity index (χ1n) is 7.54. The summed E-state index contributed by atoms with van der Waals surface area (Å²) in [4.78, 5) is 2.22. The number of phenolic OH excluding ortho intramolecular Hbond substituents is 1. The third-order valence-corrected chi connectivity index (χ3v) is 4.83. The summed E-state index contributed by atoms with van der Waals surface area (Å²) >= 11 is 5.81. The Balaban J connectivity index is 2.32. The zero-order chi connectivity index (χ0) is 15.8. The largest absolute Gasteiger partial charge is 0.507 e. The first-order valence-corrected chi connectivity index (χ1v) is 8.07. The van der Waals surface area contributed by atoms with Gasteiger partial charge in [-0.3, -0.25) is 0 Å². The van der Waals surface area contributed by atoms with Crippen LogP contribution < -0.4 is 4.74 Å². The molecule has 0 radical (unpaired) electrons. The molecule has 0 amide bonds. The van der Waals surface area contributed by atoms with Gasteiger partial charge in [-0.2, -0.15) is 0 Å². The normalized spacial score (nSPS) is 21.3. The Morgan fingerprint density at radius 3 is 2.52 bits per heavy atom. The molecule has 0 aliphatic carbocycles.